The summed E-state index contributed by atoms with van der Waals surface area (Å²) in [6, 6.07) is 6.60. The lowest BCUT2D eigenvalue weighted by atomic mass is 10.2. The number of aryl methyl sites for hydroxylation is 1. The Balaban J connectivity index is 3.19. The van der Waals surface area contributed by atoms with E-state index in [1.165, 1.54) is 0 Å². The lowest BCUT2D eigenvalue weighted by molar-refractivity contribution is 0.598. The number of alkyl halides is 1. The van der Waals surface area contributed by atoms with E-state index in [9.17, 15) is 8.42 Å². The Labute approximate surface area is 97.0 Å². The minimum Gasteiger partial charge on any atom is -0.215 e. The van der Waals surface area contributed by atoms with Gasteiger partial charge < -0.3 is 0 Å². The van der Waals surface area contributed by atoms with Gasteiger partial charge in [0, 0.05) is 22.6 Å². The van der Waals surface area contributed by atoms with Crippen LogP contribution in [0.3, 0.4) is 0 Å². The van der Waals surface area contributed by atoms with Crippen LogP contribution in [0.5, 0.6) is 0 Å². The number of nitrogens with zero attached hydrogens (tertiary/aromatic N) is 1. The van der Waals surface area contributed by atoms with Crippen molar-refractivity contribution in [3.63, 3.8) is 0 Å². The van der Waals surface area contributed by atoms with Crippen LogP contribution in [0, 0.1) is 13.5 Å². The van der Waals surface area contributed by atoms with E-state index in [0.717, 1.165) is 5.56 Å². The summed E-state index contributed by atoms with van der Waals surface area (Å²) >= 11 is 1.68. The largest absolute Gasteiger partial charge is 0.419 e. The Morgan fingerprint density at radius 2 is 1.86 bits per heavy atom. The second-order valence-electron chi connectivity index (χ2n) is 2.80. The van der Waals surface area contributed by atoms with Gasteiger partial charge in [0.25, 0.3) is 16.4 Å². The number of hydrogen-bond acceptors (Lipinski definition) is 2. The van der Waals surface area contributed by atoms with Crippen molar-refractivity contribution in [2.24, 2.45) is 0 Å². The lowest BCUT2D eigenvalue weighted by Gasteiger charge is -1.99. The van der Waals surface area contributed by atoms with Crippen molar-refractivity contribution in [2.75, 3.05) is 0 Å². The van der Waals surface area contributed by atoms with Crippen LogP contribution < -0.4 is 0 Å². The highest BCUT2D eigenvalue weighted by molar-refractivity contribution is 14.1. The number of sulfone groups is 1. The molecule has 0 aliphatic heterocycles. The summed E-state index contributed by atoms with van der Waals surface area (Å²) in [5.41, 5.74) is 1.01. The van der Waals surface area contributed by atoms with Crippen LogP contribution in [-0.2, 0) is 9.84 Å². The van der Waals surface area contributed by atoms with E-state index in [1.54, 1.807) is 46.9 Å². The van der Waals surface area contributed by atoms with Crippen LogP contribution in [0.2, 0.25) is 0 Å². The molecule has 5 heteroatoms. The predicted octanol–water partition coefficient (Wildman–Crippen LogP) is 2.45. The maximum absolute atomic E-state index is 11.7. The van der Waals surface area contributed by atoms with Crippen LogP contribution >= 0.6 is 22.6 Å². The Morgan fingerprint density at radius 3 is 2.29 bits per heavy atom. The molecular formula is C9H9INO2S+. The fraction of sp³-hybridized carbons (Fsp3) is 0.222. The smallest absolute Gasteiger partial charge is 0.215 e. The molecule has 0 fully saturated rings. The lowest BCUT2D eigenvalue weighted by Crippen LogP contribution is -2.10. The van der Waals surface area contributed by atoms with Crippen molar-refractivity contribution < 1.29 is 8.42 Å². The molecule has 0 aliphatic carbocycles. The number of halogens is 1. The molecule has 1 unspecified atom stereocenters. The molecule has 0 aliphatic rings. The van der Waals surface area contributed by atoms with Gasteiger partial charge in [-0.2, -0.15) is 0 Å². The Kier molecular flexibility index (Phi) is 3.50. The summed E-state index contributed by atoms with van der Waals surface area (Å²) in [6.45, 7) is 6.86. The molecule has 0 spiro atoms. The van der Waals surface area contributed by atoms with Crippen molar-refractivity contribution in [3.05, 3.63) is 34.7 Å². The summed E-state index contributed by atoms with van der Waals surface area (Å²) in [5, 5.41) is 0. The molecule has 0 saturated heterocycles. The van der Waals surface area contributed by atoms with Gasteiger partial charge in [-0.25, -0.2) is 8.42 Å². The number of benzene rings is 1. The highest BCUT2D eigenvalue weighted by Crippen LogP contribution is 2.21. The summed E-state index contributed by atoms with van der Waals surface area (Å²) in [7, 11) is -3.41. The number of rotatable bonds is 2. The fourth-order valence-corrected chi connectivity index (χ4v) is 2.70. The highest BCUT2D eigenvalue weighted by atomic mass is 127. The first-order valence-electron chi connectivity index (χ1n) is 3.83. The molecule has 74 valence electrons. The van der Waals surface area contributed by atoms with Gasteiger partial charge in [0.05, 0.1) is 4.90 Å². The zero-order valence-electron chi connectivity index (χ0n) is 7.51. The van der Waals surface area contributed by atoms with Crippen LogP contribution in [0.25, 0.3) is 4.85 Å². The molecule has 0 amide bonds. The molecule has 1 rings (SSSR count). The van der Waals surface area contributed by atoms with Crippen LogP contribution in [0.15, 0.2) is 29.2 Å². The van der Waals surface area contributed by atoms with Crippen LogP contribution in [0.1, 0.15) is 5.56 Å². The van der Waals surface area contributed by atoms with Gasteiger partial charge in [-0.3, -0.25) is 0 Å². The predicted molar refractivity (Wildman–Crippen MR) is 64.5 cm³/mol. The first-order valence-corrected chi connectivity index (χ1v) is 6.62. The maximum Gasteiger partial charge on any atom is 0.419 e. The van der Waals surface area contributed by atoms with Crippen molar-refractivity contribution >= 4 is 32.4 Å². The Hall–Kier alpha value is -0.610. The van der Waals surface area contributed by atoms with Crippen molar-refractivity contribution in [1.29, 1.82) is 0 Å². The zero-order valence-corrected chi connectivity index (χ0v) is 10.5. The van der Waals surface area contributed by atoms with E-state index in [2.05, 4.69) is 4.85 Å². The first kappa shape index (κ1) is 11.5. The molecule has 0 aromatic heterocycles. The van der Waals surface area contributed by atoms with Crippen LogP contribution in [-0.4, -0.2) is 11.8 Å². The van der Waals surface area contributed by atoms with Gasteiger partial charge in [0.1, 0.15) is 0 Å². The van der Waals surface area contributed by atoms with E-state index in [-0.39, 0.29) is 4.90 Å². The van der Waals surface area contributed by atoms with Crippen molar-refractivity contribution in [1.82, 2.24) is 0 Å². The maximum atomic E-state index is 11.7. The molecule has 0 heterocycles. The summed E-state index contributed by atoms with van der Waals surface area (Å²) in [4.78, 5) is 3.50. The molecule has 0 radical (unpaired) electrons. The first-order chi connectivity index (χ1) is 6.48. The second-order valence-corrected chi connectivity index (χ2v) is 6.83. The topological polar surface area (TPSA) is 38.5 Å². The molecule has 14 heavy (non-hydrogen) atoms. The molecule has 0 N–H and O–H groups in total. The molecule has 1 aromatic rings. The zero-order chi connectivity index (χ0) is 10.8. The minimum atomic E-state index is -3.41. The molecule has 1 aromatic carbocycles. The minimum absolute atomic E-state index is 0.247. The average Bonchev–Trinajstić information content (AvgIpc) is 2.17. The van der Waals surface area contributed by atoms with E-state index in [4.69, 9.17) is 6.57 Å². The van der Waals surface area contributed by atoms with Gasteiger partial charge in [-0.15, -0.1) is 0 Å². The van der Waals surface area contributed by atoms with Crippen molar-refractivity contribution in [3.8, 4) is 6.57 Å². The standard InChI is InChI=1S/C9H9INO2S/c1-7-3-5-8(6-4-7)14(12,13)9(10)11-2/h2-6,9H,1H3/q+1. The van der Waals surface area contributed by atoms with Crippen LogP contribution in [0.4, 0.5) is 0 Å². The van der Waals surface area contributed by atoms with Gasteiger partial charge in [0.15, 0.2) is 0 Å². The van der Waals surface area contributed by atoms with E-state index in [1.807, 2.05) is 6.92 Å². The SMILES string of the molecule is C#[N+]C(I)S(=O)(=O)c1ccc(C)cc1. The normalized spacial score (nSPS) is 13.2. The third-order valence-electron chi connectivity index (χ3n) is 1.72. The fourth-order valence-electron chi connectivity index (χ4n) is 0.920. The third-order valence-corrected chi connectivity index (χ3v) is 5.62. The molecule has 3 nitrogen and oxygen atoms in total. The molecule has 1 atom stereocenters. The van der Waals surface area contributed by atoms with Crippen molar-refractivity contribution in [2.45, 2.75) is 15.2 Å². The second kappa shape index (κ2) is 4.28. The Bertz CT molecular complexity index is 459. The quantitative estimate of drug-likeness (QED) is 0.477. The van der Waals surface area contributed by atoms with Gasteiger partial charge in [0.2, 0.25) is 0 Å². The summed E-state index contributed by atoms with van der Waals surface area (Å²) in [5.74, 6) is 0. The molecule has 0 bridgehead atoms. The Morgan fingerprint density at radius 1 is 1.36 bits per heavy atom. The number of hydrogen-bond donors (Lipinski definition) is 0. The average molecular weight is 322 g/mol. The highest BCUT2D eigenvalue weighted by Gasteiger charge is 2.32. The van der Waals surface area contributed by atoms with Gasteiger partial charge in [-0.1, -0.05) is 22.5 Å². The van der Waals surface area contributed by atoms with E-state index in [0.29, 0.717) is 0 Å². The summed E-state index contributed by atoms with van der Waals surface area (Å²) in [6.07, 6.45) is 0. The van der Waals surface area contributed by atoms with Gasteiger partial charge >= 0.3 is 3.38 Å². The van der Waals surface area contributed by atoms with Gasteiger partial charge in [-0.05, 0) is 19.1 Å². The monoisotopic (exact) mass is 322 g/mol. The molecular weight excluding hydrogens is 313 g/mol. The van der Waals surface area contributed by atoms with E-state index < -0.39 is 13.2 Å². The molecule has 0 saturated carbocycles. The van der Waals surface area contributed by atoms with E-state index >= 15 is 0 Å². The summed E-state index contributed by atoms with van der Waals surface area (Å²) < 4.78 is 22.5. The third kappa shape index (κ3) is 2.25.